The van der Waals surface area contributed by atoms with Crippen LogP contribution in [0, 0.1) is 0 Å². The van der Waals surface area contributed by atoms with E-state index in [0.29, 0.717) is 0 Å². The molecule has 1 aliphatic carbocycles. The average molecular weight is 934 g/mol. The fourth-order valence-electron chi connectivity index (χ4n) is 12.2. The molecule has 344 valence electrons. The first-order chi connectivity index (χ1) is 36.0. The summed E-state index contributed by atoms with van der Waals surface area (Å²) in [6.07, 6.45) is 0. The highest BCUT2D eigenvalue weighted by Gasteiger charge is 2.36. The van der Waals surface area contributed by atoms with E-state index in [2.05, 4.69) is 271 Å². The molecule has 3 heterocycles. The van der Waals surface area contributed by atoms with Gasteiger partial charge in [0.2, 0.25) is 0 Å². The summed E-state index contributed by atoms with van der Waals surface area (Å²) in [5.74, 6) is 0. The number of aromatic nitrogens is 2. The maximum absolute atomic E-state index is 6.39. The van der Waals surface area contributed by atoms with Gasteiger partial charge in [-0.25, -0.2) is 0 Å². The third-order valence-corrected chi connectivity index (χ3v) is 15.7. The summed E-state index contributed by atoms with van der Waals surface area (Å²) >= 11 is 0. The minimum Gasteiger partial charge on any atom is -0.456 e. The third kappa shape index (κ3) is 6.27. The van der Waals surface area contributed by atoms with Gasteiger partial charge in [0.05, 0.1) is 27.5 Å². The van der Waals surface area contributed by atoms with Crippen molar-refractivity contribution < 1.29 is 4.42 Å². The Labute approximate surface area is 422 Å². The third-order valence-electron chi connectivity index (χ3n) is 15.7. The molecule has 0 amide bonds. The maximum atomic E-state index is 6.39. The molecule has 0 atom stereocenters. The van der Waals surface area contributed by atoms with Gasteiger partial charge in [-0.1, -0.05) is 159 Å². The Morgan fingerprint density at radius 2 is 0.877 bits per heavy atom. The van der Waals surface area contributed by atoms with Crippen LogP contribution in [0.5, 0.6) is 0 Å². The lowest BCUT2D eigenvalue weighted by Gasteiger charge is -2.28. The highest BCUT2D eigenvalue weighted by Crippen LogP contribution is 2.51. The topological polar surface area (TPSA) is 26.2 Å². The Kier molecular flexibility index (Phi) is 8.97. The van der Waals surface area contributed by atoms with Crippen LogP contribution in [0.1, 0.15) is 25.0 Å². The Morgan fingerprint density at radius 3 is 1.62 bits per heavy atom. The Balaban J connectivity index is 0.810. The Morgan fingerprint density at radius 1 is 0.342 bits per heavy atom. The smallest absolute Gasteiger partial charge is 0.137 e. The molecule has 1 aliphatic rings. The lowest BCUT2D eigenvalue weighted by Crippen LogP contribution is -2.16. The van der Waals surface area contributed by atoms with Gasteiger partial charge in [-0.2, -0.15) is 0 Å². The fourth-order valence-corrected chi connectivity index (χ4v) is 12.2. The van der Waals surface area contributed by atoms with E-state index in [9.17, 15) is 0 Å². The minimum atomic E-state index is -0.132. The Bertz CT molecular complexity index is 4500. The number of furan rings is 1. The molecule has 3 aromatic heterocycles. The number of nitrogens with zero attached hydrogens (tertiary/aromatic N) is 3. The molecular formula is C69H47N3O. The maximum Gasteiger partial charge on any atom is 0.137 e. The molecule has 73 heavy (non-hydrogen) atoms. The summed E-state index contributed by atoms with van der Waals surface area (Å²) in [4.78, 5) is 2.41. The van der Waals surface area contributed by atoms with E-state index in [1.54, 1.807) is 0 Å². The number of rotatable bonds is 7. The molecule has 14 aromatic rings. The van der Waals surface area contributed by atoms with E-state index in [1.165, 1.54) is 77.0 Å². The van der Waals surface area contributed by atoms with Crippen molar-refractivity contribution in [2.24, 2.45) is 0 Å². The van der Waals surface area contributed by atoms with E-state index in [-0.39, 0.29) is 5.41 Å². The van der Waals surface area contributed by atoms with Crippen molar-refractivity contribution >= 4 is 82.6 Å². The SMILES string of the molecule is CC1(C)c2ccccc2-c2ccc(N(c3ccc(-c4ccc(-n5c6ccccc6c6ccc7oc8ccccc8c7c65)cc4)cc3)c3ccc(-c4ccc5c(c4)c4ccccc4n5-c4ccccc4)cc3)cc21. The van der Waals surface area contributed by atoms with Gasteiger partial charge in [-0.05, 0) is 148 Å². The summed E-state index contributed by atoms with van der Waals surface area (Å²) in [7, 11) is 0. The van der Waals surface area contributed by atoms with Crippen LogP contribution in [0.25, 0.3) is 110 Å². The molecule has 0 saturated carbocycles. The van der Waals surface area contributed by atoms with Gasteiger partial charge in [-0.3, -0.25) is 0 Å². The highest BCUT2D eigenvalue weighted by atomic mass is 16.3. The monoisotopic (exact) mass is 933 g/mol. The van der Waals surface area contributed by atoms with Gasteiger partial charge in [0.15, 0.2) is 0 Å². The van der Waals surface area contributed by atoms with E-state index in [0.717, 1.165) is 61.5 Å². The predicted molar refractivity (Wildman–Crippen MR) is 306 cm³/mol. The van der Waals surface area contributed by atoms with Crippen LogP contribution in [-0.4, -0.2) is 9.13 Å². The summed E-state index contributed by atoms with van der Waals surface area (Å²) in [5, 5.41) is 7.21. The van der Waals surface area contributed by atoms with Gasteiger partial charge in [0, 0.05) is 60.8 Å². The van der Waals surface area contributed by atoms with Crippen LogP contribution in [0.15, 0.2) is 253 Å². The number of benzene rings is 11. The van der Waals surface area contributed by atoms with Crippen molar-refractivity contribution in [3.8, 4) is 44.8 Å². The predicted octanol–water partition coefficient (Wildman–Crippen LogP) is 18.9. The Hall–Kier alpha value is -9.38. The first-order valence-corrected chi connectivity index (χ1v) is 25.2. The molecule has 0 bridgehead atoms. The summed E-state index contributed by atoms with van der Waals surface area (Å²) in [6.45, 7) is 4.71. The second kappa shape index (κ2) is 15.8. The zero-order chi connectivity index (χ0) is 48.4. The van der Waals surface area contributed by atoms with Gasteiger partial charge in [-0.15, -0.1) is 0 Å². The van der Waals surface area contributed by atoms with Crippen LogP contribution in [0.4, 0.5) is 17.1 Å². The molecule has 0 saturated heterocycles. The van der Waals surface area contributed by atoms with Gasteiger partial charge in [0.1, 0.15) is 11.2 Å². The highest BCUT2D eigenvalue weighted by molar-refractivity contribution is 6.24. The lowest BCUT2D eigenvalue weighted by molar-refractivity contribution is 0.660. The quantitative estimate of drug-likeness (QED) is 0.159. The summed E-state index contributed by atoms with van der Waals surface area (Å²) in [5.41, 5.74) is 22.1. The first-order valence-electron chi connectivity index (χ1n) is 25.2. The first kappa shape index (κ1) is 41.4. The molecule has 15 rings (SSSR count). The van der Waals surface area contributed by atoms with Crippen LogP contribution < -0.4 is 4.90 Å². The van der Waals surface area contributed by atoms with Crippen molar-refractivity contribution in [3.63, 3.8) is 0 Å². The zero-order valence-electron chi connectivity index (χ0n) is 40.4. The van der Waals surface area contributed by atoms with Crippen LogP contribution in [-0.2, 0) is 5.41 Å². The van der Waals surface area contributed by atoms with Gasteiger partial charge < -0.3 is 18.5 Å². The van der Waals surface area contributed by atoms with E-state index >= 15 is 0 Å². The second-order valence-electron chi connectivity index (χ2n) is 20.1. The van der Waals surface area contributed by atoms with E-state index in [1.807, 2.05) is 6.07 Å². The van der Waals surface area contributed by atoms with E-state index in [4.69, 9.17) is 4.42 Å². The number of para-hydroxylation sites is 4. The molecule has 4 nitrogen and oxygen atoms in total. The largest absolute Gasteiger partial charge is 0.456 e. The molecule has 11 aromatic carbocycles. The lowest BCUT2D eigenvalue weighted by atomic mass is 9.82. The number of anilines is 3. The van der Waals surface area contributed by atoms with Gasteiger partial charge >= 0.3 is 0 Å². The van der Waals surface area contributed by atoms with E-state index < -0.39 is 0 Å². The van der Waals surface area contributed by atoms with Crippen molar-refractivity contribution in [1.29, 1.82) is 0 Å². The minimum absolute atomic E-state index is 0.132. The van der Waals surface area contributed by atoms with Crippen LogP contribution >= 0.6 is 0 Å². The molecule has 0 spiro atoms. The molecule has 0 fully saturated rings. The van der Waals surface area contributed by atoms with Gasteiger partial charge in [0.25, 0.3) is 0 Å². The number of hydrogen-bond donors (Lipinski definition) is 0. The number of hydrogen-bond acceptors (Lipinski definition) is 2. The summed E-state index contributed by atoms with van der Waals surface area (Å²) < 4.78 is 11.2. The molecule has 4 heteroatoms. The summed E-state index contributed by atoms with van der Waals surface area (Å²) in [6, 6.07) is 90.8. The van der Waals surface area contributed by atoms with Crippen LogP contribution in [0.2, 0.25) is 0 Å². The van der Waals surface area contributed by atoms with Crippen LogP contribution in [0.3, 0.4) is 0 Å². The number of fused-ring (bicyclic) bond motifs is 13. The standard InChI is InChI=1S/C69H47N3O/c1-69(2)60-20-10-6-16-53(60)54-38-37-52(43-61(54)69)70(50-33-28-46(29-34-50)47-30-40-64-59(42-47)56-18-8-11-21-62(56)71(64)48-14-4-3-5-15-48)49-31-24-44(25-32-49)45-26-35-51(36-27-45)72-63-22-12-7-17-55(63)57-39-41-66-67(68(57)72)58-19-9-13-23-65(58)73-66/h3-43H,1-2H3. The molecular weight excluding hydrogens is 887 g/mol. The van der Waals surface area contributed by atoms with Crippen molar-refractivity contribution in [2.75, 3.05) is 4.90 Å². The fraction of sp³-hybridized carbons (Fsp3) is 0.0435. The average Bonchev–Trinajstić information content (AvgIpc) is 4.16. The molecule has 0 unspecified atom stereocenters. The van der Waals surface area contributed by atoms with Crippen molar-refractivity contribution in [3.05, 3.63) is 260 Å². The molecule has 0 N–H and O–H groups in total. The zero-order valence-corrected chi connectivity index (χ0v) is 40.4. The molecule has 0 radical (unpaired) electrons. The van der Waals surface area contributed by atoms with Crippen molar-refractivity contribution in [1.82, 2.24) is 9.13 Å². The normalized spacial score (nSPS) is 12.9. The second-order valence-corrected chi connectivity index (χ2v) is 20.1. The van der Waals surface area contributed by atoms with Crippen molar-refractivity contribution in [2.45, 2.75) is 19.3 Å². The molecule has 0 aliphatic heterocycles.